The molecule has 0 saturated heterocycles. The Kier molecular flexibility index (Phi) is 4.16. The van der Waals surface area contributed by atoms with Gasteiger partial charge in [-0.25, -0.2) is 0 Å². The number of benzene rings is 1. The van der Waals surface area contributed by atoms with Crippen LogP contribution in [0.25, 0.3) is 0 Å². The third-order valence-electron chi connectivity index (χ3n) is 2.25. The maximum atomic E-state index is 5.26. The van der Waals surface area contributed by atoms with E-state index in [2.05, 4.69) is 32.8 Å². The van der Waals surface area contributed by atoms with Crippen LogP contribution in [0, 0.1) is 3.01 Å². The monoisotopic (exact) mass is 362 g/mol. The zero-order valence-electron chi connectivity index (χ0n) is 9.44. The van der Waals surface area contributed by atoms with Gasteiger partial charge in [-0.1, -0.05) is 17.4 Å². The lowest BCUT2D eigenvalue weighted by Crippen LogP contribution is -1.93. The van der Waals surface area contributed by atoms with Crippen LogP contribution < -0.4 is 9.47 Å². The number of hydrogen-bond donors (Lipinski definition) is 0. The lowest BCUT2D eigenvalue weighted by Gasteiger charge is -2.08. The average Bonchev–Trinajstić information content (AvgIpc) is 2.74. The number of hydrogen-bond acceptors (Lipinski definition) is 5. The van der Waals surface area contributed by atoms with Crippen molar-refractivity contribution in [3.63, 3.8) is 0 Å². The number of halogens is 1. The molecule has 0 aliphatic heterocycles. The molecule has 4 nitrogen and oxygen atoms in total. The number of aromatic nitrogens is 2. The summed E-state index contributed by atoms with van der Waals surface area (Å²) in [6.45, 7) is 0. The Hall–Kier alpha value is -0.890. The molecule has 0 N–H and O–H groups in total. The van der Waals surface area contributed by atoms with Crippen LogP contribution in [0.4, 0.5) is 0 Å². The Morgan fingerprint density at radius 1 is 1.18 bits per heavy atom. The Balaban J connectivity index is 2.22. The molecule has 6 heteroatoms. The zero-order chi connectivity index (χ0) is 12.3. The van der Waals surface area contributed by atoms with E-state index < -0.39 is 0 Å². The lowest BCUT2D eigenvalue weighted by atomic mass is 10.1. The molecule has 0 amide bonds. The second-order valence-corrected chi connectivity index (χ2v) is 6.13. The fourth-order valence-electron chi connectivity index (χ4n) is 1.47. The summed E-state index contributed by atoms with van der Waals surface area (Å²) < 4.78 is 11.4. The summed E-state index contributed by atoms with van der Waals surface area (Å²) in [5.41, 5.74) is 1.13. The van der Waals surface area contributed by atoms with E-state index in [0.29, 0.717) is 0 Å². The van der Waals surface area contributed by atoms with Gasteiger partial charge in [-0.15, -0.1) is 10.2 Å². The summed E-state index contributed by atoms with van der Waals surface area (Å²) in [7, 11) is 3.26. The smallest absolute Gasteiger partial charge is 0.178 e. The number of rotatable bonds is 4. The van der Waals surface area contributed by atoms with Crippen LogP contribution in [0.15, 0.2) is 18.2 Å². The van der Waals surface area contributed by atoms with Crippen molar-refractivity contribution in [1.82, 2.24) is 10.2 Å². The third-order valence-corrected chi connectivity index (χ3v) is 3.83. The number of nitrogens with zero attached hydrogens (tertiary/aromatic N) is 2. The Morgan fingerprint density at radius 2 is 1.94 bits per heavy atom. The van der Waals surface area contributed by atoms with E-state index in [-0.39, 0.29) is 0 Å². The highest BCUT2D eigenvalue weighted by Crippen LogP contribution is 2.28. The Morgan fingerprint density at radius 3 is 2.53 bits per heavy atom. The molecule has 2 rings (SSSR count). The average molecular weight is 362 g/mol. The molecule has 0 fully saturated rings. The highest BCUT2D eigenvalue weighted by atomic mass is 127. The maximum Gasteiger partial charge on any atom is 0.178 e. The molecule has 0 atom stereocenters. The van der Waals surface area contributed by atoms with Crippen LogP contribution in [0.5, 0.6) is 11.5 Å². The lowest BCUT2D eigenvalue weighted by molar-refractivity contribution is 0.354. The van der Waals surface area contributed by atoms with Crippen molar-refractivity contribution in [2.75, 3.05) is 14.2 Å². The van der Waals surface area contributed by atoms with Gasteiger partial charge in [0.1, 0.15) is 5.01 Å². The van der Waals surface area contributed by atoms with Crippen molar-refractivity contribution < 1.29 is 9.47 Å². The van der Waals surface area contributed by atoms with Gasteiger partial charge < -0.3 is 9.47 Å². The zero-order valence-corrected chi connectivity index (χ0v) is 12.4. The molecule has 0 spiro atoms. The Labute approximate surface area is 117 Å². The minimum Gasteiger partial charge on any atom is -0.493 e. The summed E-state index contributed by atoms with van der Waals surface area (Å²) in [5.74, 6) is 1.48. The van der Waals surface area contributed by atoms with Crippen molar-refractivity contribution in [2.24, 2.45) is 0 Å². The van der Waals surface area contributed by atoms with Gasteiger partial charge in [0.05, 0.1) is 14.2 Å². The van der Waals surface area contributed by atoms with Gasteiger partial charge in [-0.05, 0) is 40.3 Å². The molecule has 0 unspecified atom stereocenters. The standard InChI is InChI=1S/C11H11IN2O2S/c1-15-8-4-3-7(5-9(8)16-2)6-10-13-14-11(12)17-10/h3-5H,6H2,1-2H3. The van der Waals surface area contributed by atoms with Gasteiger partial charge in [0, 0.05) is 6.42 Å². The van der Waals surface area contributed by atoms with E-state index in [4.69, 9.17) is 9.47 Å². The highest BCUT2D eigenvalue weighted by molar-refractivity contribution is 14.1. The summed E-state index contributed by atoms with van der Waals surface area (Å²) in [5, 5.41) is 9.09. The quantitative estimate of drug-likeness (QED) is 0.785. The van der Waals surface area contributed by atoms with Crippen LogP contribution in [0.1, 0.15) is 10.6 Å². The normalized spacial score (nSPS) is 10.3. The van der Waals surface area contributed by atoms with E-state index >= 15 is 0 Å². The van der Waals surface area contributed by atoms with Crippen molar-refractivity contribution in [3.8, 4) is 11.5 Å². The van der Waals surface area contributed by atoms with Gasteiger partial charge >= 0.3 is 0 Å². The second-order valence-electron chi connectivity index (χ2n) is 3.31. The molecule has 2 aromatic rings. The molecule has 0 saturated carbocycles. The third kappa shape index (κ3) is 3.06. The van der Waals surface area contributed by atoms with Gasteiger partial charge in [0.2, 0.25) is 0 Å². The summed E-state index contributed by atoms with van der Waals surface area (Å²) >= 11 is 3.77. The molecule has 1 heterocycles. The predicted octanol–water partition coefficient (Wildman–Crippen LogP) is 2.75. The molecule has 17 heavy (non-hydrogen) atoms. The molecular weight excluding hydrogens is 351 g/mol. The van der Waals surface area contributed by atoms with Crippen LogP contribution in [0.3, 0.4) is 0 Å². The summed E-state index contributed by atoms with van der Waals surface area (Å²) in [6, 6.07) is 5.88. The van der Waals surface area contributed by atoms with E-state index in [1.165, 1.54) is 0 Å². The fraction of sp³-hybridized carbons (Fsp3) is 0.273. The minimum atomic E-state index is 0.739. The van der Waals surface area contributed by atoms with Gasteiger partial charge in [-0.3, -0.25) is 0 Å². The van der Waals surface area contributed by atoms with E-state index in [1.807, 2.05) is 18.2 Å². The van der Waals surface area contributed by atoms with E-state index in [9.17, 15) is 0 Å². The van der Waals surface area contributed by atoms with Crippen LogP contribution >= 0.6 is 33.9 Å². The first-order valence-corrected chi connectivity index (χ1v) is 6.81. The predicted molar refractivity (Wildman–Crippen MR) is 75.0 cm³/mol. The molecule has 0 bridgehead atoms. The van der Waals surface area contributed by atoms with Gasteiger partial charge in [0.15, 0.2) is 14.5 Å². The van der Waals surface area contributed by atoms with Gasteiger partial charge in [-0.2, -0.15) is 0 Å². The van der Waals surface area contributed by atoms with Crippen LogP contribution in [-0.2, 0) is 6.42 Å². The molecule has 90 valence electrons. The molecule has 0 aliphatic rings. The number of methoxy groups -OCH3 is 2. The second kappa shape index (κ2) is 5.63. The van der Waals surface area contributed by atoms with Crippen molar-refractivity contribution in [3.05, 3.63) is 31.8 Å². The van der Waals surface area contributed by atoms with Crippen LogP contribution in [-0.4, -0.2) is 24.4 Å². The fourth-order valence-corrected chi connectivity index (χ4v) is 2.94. The molecule has 1 aromatic heterocycles. The van der Waals surface area contributed by atoms with E-state index in [0.717, 1.165) is 31.5 Å². The number of ether oxygens (including phenoxy) is 2. The van der Waals surface area contributed by atoms with Crippen molar-refractivity contribution in [2.45, 2.75) is 6.42 Å². The SMILES string of the molecule is COc1ccc(Cc2nnc(I)s2)cc1OC. The van der Waals surface area contributed by atoms with Crippen molar-refractivity contribution >= 4 is 33.9 Å². The highest BCUT2D eigenvalue weighted by Gasteiger charge is 2.07. The van der Waals surface area contributed by atoms with Crippen molar-refractivity contribution in [1.29, 1.82) is 0 Å². The molecule has 0 radical (unpaired) electrons. The minimum absolute atomic E-state index is 0.739. The first-order valence-electron chi connectivity index (χ1n) is 4.91. The van der Waals surface area contributed by atoms with E-state index in [1.54, 1.807) is 25.6 Å². The van der Waals surface area contributed by atoms with Crippen LogP contribution in [0.2, 0.25) is 0 Å². The molecular formula is C11H11IN2O2S. The summed E-state index contributed by atoms with van der Waals surface area (Å²) in [6.07, 6.45) is 0.765. The molecule has 0 aliphatic carbocycles. The maximum absolute atomic E-state index is 5.26. The Bertz CT molecular complexity index is 516. The largest absolute Gasteiger partial charge is 0.493 e. The van der Waals surface area contributed by atoms with Gasteiger partial charge in [0.25, 0.3) is 0 Å². The first-order chi connectivity index (χ1) is 8.22. The topological polar surface area (TPSA) is 44.2 Å². The summed E-state index contributed by atoms with van der Waals surface area (Å²) in [4.78, 5) is 0. The molecule has 1 aromatic carbocycles. The first kappa shape index (κ1) is 12.6.